The highest BCUT2D eigenvalue weighted by Gasteiger charge is 2.11. The number of hydrogen-bond donors (Lipinski definition) is 1. The second kappa shape index (κ2) is 10.4. The maximum atomic E-state index is 12.1. The van der Waals surface area contributed by atoms with Crippen molar-refractivity contribution in [3.8, 4) is 11.5 Å². The van der Waals surface area contributed by atoms with Crippen molar-refractivity contribution in [1.82, 2.24) is 5.32 Å². The minimum absolute atomic E-state index is 0.173. The third-order valence-electron chi connectivity index (χ3n) is 4.14. The van der Waals surface area contributed by atoms with Crippen LogP contribution in [0.25, 0.3) is 6.08 Å². The third-order valence-corrected chi connectivity index (χ3v) is 4.73. The van der Waals surface area contributed by atoms with E-state index in [9.17, 15) is 4.79 Å². The van der Waals surface area contributed by atoms with E-state index < -0.39 is 0 Å². The summed E-state index contributed by atoms with van der Waals surface area (Å²) in [7, 11) is 1.59. The SMILES string of the molecule is COc1cc(C=CC(=O)NCc2ccc[nH+]c2)cc(Br)c1OCc1ccccc1. The fourth-order valence-corrected chi connectivity index (χ4v) is 3.24. The standard InChI is InChI=1S/C23H21BrN2O3/c1-28-21-13-18(9-10-22(27)26-15-19-8-5-11-25-14-19)12-20(24)23(21)29-16-17-6-3-2-4-7-17/h2-14H,15-16H2,1H3,(H,26,27)/p+1. The van der Waals surface area contributed by atoms with Gasteiger partial charge in [-0.15, -0.1) is 0 Å². The number of methoxy groups -OCH3 is 1. The highest BCUT2D eigenvalue weighted by atomic mass is 79.9. The largest absolute Gasteiger partial charge is 0.493 e. The molecule has 2 N–H and O–H groups in total. The molecule has 1 amide bonds. The van der Waals surface area contributed by atoms with Gasteiger partial charge in [-0.25, -0.2) is 4.98 Å². The first-order valence-corrected chi connectivity index (χ1v) is 9.90. The van der Waals surface area contributed by atoms with E-state index in [1.54, 1.807) is 13.2 Å². The Morgan fingerprint density at radius 2 is 1.93 bits per heavy atom. The summed E-state index contributed by atoms with van der Waals surface area (Å²) >= 11 is 3.54. The molecule has 0 saturated heterocycles. The van der Waals surface area contributed by atoms with Gasteiger partial charge in [0.05, 0.1) is 11.6 Å². The average molecular weight is 454 g/mol. The molecule has 148 valence electrons. The molecule has 1 aromatic heterocycles. The quantitative estimate of drug-likeness (QED) is 0.520. The topological polar surface area (TPSA) is 61.7 Å². The van der Waals surface area contributed by atoms with Crippen molar-refractivity contribution in [2.24, 2.45) is 0 Å². The van der Waals surface area contributed by atoms with Crippen molar-refractivity contribution < 1.29 is 19.3 Å². The summed E-state index contributed by atoms with van der Waals surface area (Å²) in [6.07, 6.45) is 6.91. The Balaban J connectivity index is 1.64. The van der Waals surface area contributed by atoms with Crippen LogP contribution in [0.1, 0.15) is 16.7 Å². The van der Waals surface area contributed by atoms with E-state index in [-0.39, 0.29) is 5.91 Å². The van der Waals surface area contributed by atoms with E-state index in [4.69, 9.17) is 9.47 Å². The van der Waals surface area contributed by atoms with E-state index in [2.05, 4.69) is 26.2 Å². The van der Waals surface area contributed by atoms with Crippen LogP contribution in [0.5, 0.6) is 11.5 Å². The predicted octanol–water partition coefficient (Wildman–Crippen LogP) is 4.18. The minimum atomic E-state index is -0.173. The van der Waals surface area contributed by atoms with Gasteiger partial charge in [-0.1, -0.05) is 30.3 Å². The summed E-state index contributed by atoms with van der Waals surface area (Å²) in [4.78, 5) is 15.1. The summed E-state index contributed by atoms with van der Waals surface area (Å²) in [5.41, 5.74) is 2.89. The van der Waals surface area contributed by atoms with Gasteiger partial charge in [0.15, 0.2) is 23.9 Å². The first-order chi connectivity index (χ1) is 14.2. The molecule has 2 aromatic carbocycles. The molecule has 0 aliphatic carbocycles. The number of amides is 1. The highest BCUT2D eigenvalue weighted by Crippen LogP contribution is 2.37. The first kappa shape index (κ1) is 20.6. The van der Waals surface area contributed by atoms with Crippen molar-refractivity contribution >= 4 is 27.9 Å². The molecule has 0 unspecified atom stereocenters. The zero-order valence-corrected chi connectivity index (χ0v) is 17.6. The second-order valence-electron chi connectivity index (χ2n) is 6.27. The Hall–Kier alpha value is -3.12. The molecule has 3 aromatic rings. The van der Waals surface area contributed by atoms with Crippen molar-refractivity contribution in [3.05, 3.63) is 94.2 Å². The number of ether oxygens (including phenoxy) is 2. The number of hydrogen-bond acceptors (Lipinski definition) is 3. The molecule has 0 spiro atoms. The molecule has 0 aliphatic rings. The third kappa shape index (κ3) is 6.19. The molecule has 1 heterocycles. The summed E-state index contributed by atoms with van der Waals surface area (Å²) in [5, 5.41) is 2.85. The lowest BCUT2D eigenvalue weighted by atomic mass is 10.2. The number of carbonyl (C=O) groups excluding carboxylic acids is 1. The van der Waals surface area contributed by atoms with Gasteiger partial charge >= 0.3 is 0 Å². The van der Waals surface area contributed by atoms with Crippen LogP contribution < -0.4 is 19.8 Å². The van der Waals surface area contributed by atoms with Crippen LogP contribution in [0.3, 0.4) is 0 Å². The molecule has 0 bridgehead atoms. The van der Waals surface area contributed by atoms with Crippen LogP contribution >= 0.6 is 15.9 Å². The second-order valence-corrected chi connectivity index (χ2v) is 7.13. The number of rotatable bonds is 8. The summed E-state index contributed by atoms with van der Waals surface area (Å²) in [5.74, 6) is 1.04. The molecule has 6 heteroatoms. The first-order valence-electron chi connectivity index (χ1n) is 9.11. The van der Waals surface area contributed by atoms with Crippen molar-refractivity contribution in [2.75, 3.05) is 7.11 Å². The predicted molar refractivity (Wildman–Crippen MR) is 115 cm³/mol. The van der Waals surface area contributed by atoms with E-state index >= 15 is 0 Å². The number of H-pyrrole nitrogens is 1. The number of aromatic amines is 1. The van der Waals surface area contributed by atoms with E-state index in [0.717, 1.165) is 21.2 Å². The molecule has 3 rings (SSSR count). The van der Waals surface area contributed by atoms with Gasteiger partial charge in [0.2, 0.25) is 5.91 Å². The van der Waals surface area contributed by atoms with Gasteiger partial charge in [0.1, 0.15) is 6.61 Å². The number of halogens is 1. The summed E-state index contributed by atoms with van der Waals surface area (Å²) in [6.45, 7) is 0.893. The van der Waals surface area contributed by atoms with Crippen molar-refractivity contribution in [1.29, 1.82) is 0 Å². The lowest BCUT2D eigenvalue weighted by Crippen LogP contribution is -2.21. The van der Waals surface area contributed by atoms with Crippen molar-refractivity contribution in [3.63, 3.8) is 0 Å². The average Bonchev–Trinajstić information content (AvgIpc) is 2.76. The van der Waals surface area contributed by atoms with Gasteiger partial charge in [0.25, 0.3) is 0 Å². The number of aromatic nitrogens is 1. The lowest BCUT2D eigenvalue weighted by molar-refractivity contribution is -0.378. The zero-order chi connectivity index (χ0) is 20.5. The fraction of sp³-hybridized carbons (Fsp3) is 0.130. The zero-order valence-electron chi connectivity index (χ0n) is 16.0. The lowest BCUT2D eigenvalue weighted by Gasteiger charge is -2.13. The number of nitrogens with one attached hydrogen (secondary N) is 2. The van der Waals surface area contributed by atoms with Crippen LogP contribution in [0.2, 0.25) is 0 Å². The van der Waals surface area contributed by atoms with Gasteiger partial charge < -0.3 is 14.8 Å². The highest BCUT2D eigenvalue weighted by molar-refractivity contribution is 9.10. The van der Waals surface area contributed by atoms with Crippen LogP contribution in [0.4, 0.5) is 0 Å². The van der Waals surface area contributed by atoms with E-state index in [1.165, 1.54) is 6.08 Å². The number of carbonyl (C=O) groups is 1. The summed E-state index contributed by atoms with van der Waals surface area (Å²) in [6, 6.07) is 17.5. The van der Waals surface area contributed by atoms with Crippen LogP contribution in [-0.4, -0.2) is 13.0 Å². The maximum absolute atomic E-state index is 12.1. The Labute approximate surface area is 178 Å². The Morgan fingerprint density at radius 3 is 2.66 bits per heavy atom. The molecule has 0 aliphatic heterocycles. The van der Waals surface area contributed by atoms with Gasteiger partial charge in [0, 0.05) is 24.3 Å². The van der Waals surface area contributed by atoms with E-state index in [1.807, 2.05) is 67.0 Å². The normalized spacial score (nSPS) is 10.7. The smallest absolute Gasteiger partial charge is 0.244 e. The molecular formula is C23H22BrN2O3+. The van der Waals surface area contributed by atoms with Gasteiger partial charge in [-0.3, -0.25) is 4.79 Å². The van der Waals surface area contributed by atoms with Gasteiger partial charge in [-0.2, -0.15) is 0 Å². The number of benzene rings is 2. The Bertz CT molecular complexity index is 976. The summed E-state index contributed by atoms with van der Waals surface area (Å²) < 4.78 is 12.2. The molecule has 0 atom stereocenters. The Kier molecular flexibility index (Phi) is 7.41. The van der Waals surface area contributed by atoms with E-state index in [0.29, 0.717) is 24.7 Å². The van der Waals surface area contributed by atoms with Crippen LogP contribution in [-0.2, 0) is 17.9 Å². The maximum Gasteiger partial charge on any atom is 0.244 e. The molecule has 5 nitrogen and oxygen atoms in total. The molecule has 29 heavy (non-hydrogen) atoms. The fourth-order valence-electron chi connectivity index (χ4n) is 2.67. The van der Waals surface area contributed by atoms with Crippen LogP contribution in [0, 0.1) is 0 Å². The van der Waals surface area contributed by atoms with Crippen molar-refractivity contribution in [2.45, 2.75) is 13.2 Å². The molecule has 0 radical (unpaired) electrons. The monoisotopic (exact) mass is 453 g/mol. The Morgan fingerprint density at radius 1 is 1.14 bits per heavy atom. The molecular weight excluding hydrogens is 432 g/mol. The molecule has 0 saturated carbocycles. The minimum Gasteiger partial charge on any atom is -0.493 e. The van der Waals surface area contributed by atoms with Gasteiger partial charge in [-0.05, 0) is 51.3 Å². The number of pyridine rings is 1. The molecule has 0 fully saturated rings. The van der Waals surface area contributed by atoms with Crippen LogP contribution in [0.15, 0.2) is 77.5 Å².